The monoisotopic (exact) mass is 391 g/mol. The molecule has 3 aliphatic heterocycles. The van der Waals surface area contributed by atoms with E-state index in [0.29, 0.717) is 24.3 Å². The zero-order valence-electron chi connectivity index (χ0n) is 13.9. The molecule has 0 aliphatic carbocycles. The molecule has 3 rings (SSSR count). The summed E-state index contributed by atoms with van der Waals surface area (Å²) in [6.45, 7) is 1.57. The molecule has 146 valence electrons. The predicted molar refractivity (Wildman–Crippen MR) is 85.3 cm³/mol. The largest absolute Gasteiger partial charge is 0.418 e. The molecule has 4 amide bonds. The molecule has 2 atom stereocenters. The van der Waals surface area contributed by atoms with E-state index in [1.54, 1.807) is 0 Å². The predicted octanol–water partition coefficient (Wildman–Crippen LogP) is -1.86. The van der Waals surface area contributed by atoms with Crippen molar-refractivity contribution < 1.29 is 31.6 Å². The van der Waals surface area contributed by atoms with E-state index >= 15 is 0 Å². The molecule has 4 N–H and O–H groups in total. The maximum Gasteiger partial charge on any atom is 0.418 e. The van der Waals surface area contributed by atoms with Gasteiger partial charge in [-0.2, -0.15) is 13.5 Å². The Morgan fingerprint density at radius 2 is 1.77 bits per heavy atom. The minimum atomic E-state index is -4.84. The summed E-state index contributed by atoms with van der Waals surface area (Å²) >= 11 is 0. The van der Waals surface area contributed by atoms with Gasteiger partial charge in [-0.15, -0.1) is 4.28 Å². The van der Waals surface area contributed by atoms with Gasteiger partial charge < -0.3 is 10.2 Å². The van der Waals surface area contributed by atoms with Crippen molar-refractivity contribution in [3.8, 4) is 0 Å². The van der Waals surface area contributed by atoms with Gasteiger partial charge in [0.2, 0.25) is 5.91 Å². The van der Waals surface area contributed by atoms with Crippen LogP contribution in [0.3, 0.4) is 0 Å². The van der Waals surface area contributed by atoms with E-state index in [1.807, 2.05) is 0 Å². The minimum Gasteiger partial charge on any atom is -0.317 e. The van der Waals surface area contributed by atoms with Gasteiger partial charge in [0.1, 0.15) is 6.04 Å². The molecule has 12 nitrogen and oxygen atoms in total. The van der Waals surface area contributed by atoms with E-state index in [1.165, 1.54) is 0 Å². The Kier molecular flexibility index (Phi) is 5.32. The van der Waals surface area contributed by atoms with Crippen LogP contribution >= 0.6 is 0 Å². The lowest BCUT2D eigenvalue weighted by atomic mass is 9.97. The Hall–Kier alpha value is -1.96. The summed E-state index contributed by atoms with van der Waals surface area (Å²) in [5, 5.41) is 3.71. The summed E-state index contributed by atoms with van der Waals surface area (Å²) in [6, 6.07) is -2.25. The second kappa shape index (κ2) is 7.34. The average Bonchev–Trinajstić information content (AvgIpc) is 2.84. The highest BCUT2D eigenvalue weighted by Gasteiger charge is 2.49. The van der Waals surface area contributed by atoms with E-state index in [-0.39, 0.29) is 24.8 Å². The lowest BCUT2D eigenvalue weighted by molar-refractivity contribution is -0.134. The Morgan fingerprint density at radius 1 is 1.12 bits per heavy atom. The zero-order chi connectivity index (χ0) is 18.9. The summed E-state index contributed by atoms with van der Waals surface area (Å²) in [5.74, 6) is -1.02. The van der Waals surface area contributed by atoms with Crippen molar-refractivity contribution in [3.05, 3.63) is 0 Å². The molecule has 26 heavy (non-hydrogen) atoms. The Morgan fingerprint density at radius 3 is 2.42 bits per heavy atom. The van der Waals surface area contributed by atoms with Crippen molar-refractivity contribution in [2.45, 2.75) is 37.8 Å². The lowest BCUT2D eigenvalue weighted by Crippen LogP contribution is -2.55. The molecule has 3 heterocycles. The van der Waals surface area contributed by atoms with E-state index in [2.05, 4.69) is 20.5 Å². The maximum atomic E-state index is 12.4. The van der Waals surface area contributed by atoms with Gasteiger partial charge in [-0.25, -0.2) is 4.79 Å². The molecule has 0 radical (unpaired) electrons. The summed E-state index contributed by atoms with van der Waals surface area (Å²) in [5.41, 5.74) is 4.72. The fourth-order valence-electron chi connectivity index (χ4n) is 3.50. The third-order valence-corrected chi connectivity index (χ3v) is 5.17. The molecule has 0 aromatic rings. The van der Waals surface area contributed by atoms with Gasteiger partial charge >= 0.3 is 16.4 Å². The van der Waals surface area contributed by atoms with E-state index in [0.717, 1.165) is 18.0 Å². The van der Waals surface area contributed by atoms with Crippen molar-refractivity contribution in [2.75, 3.05) is 19.6 Å². The second-order valence-corrected chi connectivity index (χ2v) is 7.52. The number of carbonyl (C=O) groups excluding carboxylic acids is 3. The summed E-state index contributed by atoms with van der Waals surface area (Å²) in [7, 11) is -4.84. The summed E-state index contributed by atoms with van der Waals surface area (Å²) in [6.07, 6.45) is 1.95. The normalized spacial score (nSPS) is 26.7. The first-order valence-corrected chi connectivity index (χ1v) is 9.70. The van der Waals surface area contributed by atoms with Crippen LogP contribution in [-0.2, 0) is 24.3 Å². The number of hydroxylamine groups is 2. The fourth-order valence-corrected chi connectivity index (χ4v) is 3.89. The molecule has 0 unspecified atom stereocenters. The van der Waals surface area contributed by atoms with Crippen LogP contribution in [0.5, 0.6) is 0 Å². The first-order valence-electron chi connectivity index (χ1n) is 8.33. The van der Waals surface area contributed by atoms with Crippen molar-refractivity contribution in [3.63, 3.8) is 0 Å². The topological polar surface area (TPSA) is 157 Å². The van der Waals surface area contributed by atoms with Gasteiger partial charge in [-0.3, -0.25) is 25.0 Å². The quantitative estimate of drug-likeness (QED) is 0.321. The van der Waals surface area contributed by atoms with Crippen molar-refractivity contribution >= 4 is 28.2 Å². The molecule has 3 saturated heterocycles. The zero-order valence-corrected chi connectivity index (χ0v) is 14.7. The number of rotatable bonds is 4. The lowest BCUT2D eigenvalue weighted by Gasteiger charge is -2.29. The number of urea groups is 1. The maximum absolute atomic E-state index is 12.4. The van der Waals surface area contributed by atoms with Crippen LogP contribution < -0.4 is 16.2 Å². The number of fused-ring (bicyclic) bond motifs is 2. The number of amides is 4. The number of hydrazine groups is 1. The number of hydrogen-bond acceptors (Lipinski definition) is 7. The molecule has 13 heteroatoms. The van der Waals surface area contributed by atoms with Crippen LogP contribution in [0.15, 0.2) is 0 Å². The van der Waals surface area contributed by atoms with Crippen molar-refractivity contribution in [2.24, 2.45) is 5.92 Å². The van der Waals surface area contributed by atoms with Crippen molar-refractivity contribution in [1.82, 2.24) is 26.1 Å². The SMILES string of the molecule is O=C(NNC(=O)[C@H]1CC[C@@H]2CN1C(=O)N2OS(=O)(=O)O)C1CCNCC1. The van der Waals surface area contributed by atoms with Gasteiger partial charge in [0.05, 0.1) is 6.04 Å². The third kappa shape index (κ3) is 4.06. The molecular weight excluding hydrogens is 370 g/mol. The van der Waals surface area contributed by atoms with Crippen LogP contribution in [0.25, 0.3) is 0 Å². The van der Waals surface area contributed by atoms with Gasteiger partial charge in [0, 0.05) is 12.5 Å². The third-order valence-electron chi connectivity index (χ3n) is 4.82. The van der Waals surface area contributed by atoms with E-state index < -0.39 is 34.4 Å². The number of piperidine rings is 2. The molecule has 3 aliphatic rings. The van der Waals surface area contributed by atoms with Gasteiger partial charge in [-0.1, -0.05) is 0 Å². The first kappa shape index (κ1) is 18.8. The number of nitrogens with one attached hydrogen (secondary N) is 3. The standard InChI is InChI=1S/C13H21N5O7S/c19-11(8-3-5-14-6-4-8)15-16-12(20)10-2-1-9-7-17(10)13(21)18(9)25-26(22,23)24/h8-10,14H,1-7H2,(H,15,19)(H,16,20)(H,22,23,24)/t9-,10-/m1/s1. The van der Waals surface area contributed by atoms with E-state index in [4.69, 9.17) is 4.55 Å². The summed E-state index contributed by atoms with van der Waals surface area (Å²) < 4.78 is 34.8. The van der Waals surface area contributed by atoms with Crippen LogP contribution in [0.1, 0.15) is 25.7 Å². The van der Waals surface area contributed by atoms with Gasteiger partial charge in [0.15, 0.2) is 0 Å². The average molecular weight is 391 g/mol. The van der Waals surface area contributed by atoms with E-state index in [9.17, 15) is 22.8 Å². The minimum absolute atomic E-state index is 0.0919. The van der Waals surface area contributed by atoms with Crippen molar-refractivity contribution in [1.29, 1.82) is 0 Å². The second-order valence-electron chi connectivity index (χ2n) is 6.51. The Labute approximate surface area is 150 Å². The van der Waals surface area contributed by atoms with Gasteiger partial charge in [-0.05, 0) is 38.8 Å². The molecule has 3 fully saturated rings. The fraction of sp³-hybridized carbons (Fsp3) is 0.769. The van der Waals surface area contributed by atoms with Crippen LogP contribution in [0.2, 0.25) is 0 Å². The Bertz CT molecular complexity index is 693. The highest BCUT2D eigenvalue weighted by Crippen LogP contribution is 2.30. The smallest absolute Gasteiger partial charge is 0.317 e. The number of hydrogen-bond donors (Lipinski definition) is 4. The molecule has 2 bridgehead atoms. The van der Waals surface area contributed by atoms with Crippen LogP contribution in [0, 0.1) is 5.92 Å². The molecule has 0 saturated carbocycles. The Balaban J connectivity index is 1.56. The molecule has 0 aromatic carbocycles. The van der Waals surface area contributed by atoms with Crippen LogP contribution in [0.4, 0.5) is 4.79 Å². The highest BCUT2D eigenvalue weighted by atomic mass is 32.3. The van der Waals surface area contributed by atoms with Crippen LogP contribution in [-0.4, -0.2) is 72.5 Å². The molecular formula is C13H21N5O7S. The summed E-state index contributed by atoms with van der Waals surface area (Å²) in [4.78, 5) is 37.8. The highest BCUT2D eigenvalue weighted by molar-refractivity contribution is 7.80. The molecule has 0 spiro atoms. The number of nitrogens with zero attached hydrogens (tertiary/aromatic N) is 2. The van der Waals surface area contributed by atoms with Gasteiger partial charge in [0.25, 0.3) is 5.91 Å². The molecule has 0 aromatic heterocycles. The first-order chi connectivity index (χ1) is 12.3. The number of carbonyl (C=O) groups is 3.